The lowest BCUT2D eigenvalue weighted by Crippen LogP contribution is -2.38. The number of nitrogens with zero attached hydrogens (tertiary/aromatic N) is 1. The van der Waals surface area contributed by atoms with Crippen LogP contribution in [0.2, 0.25) is 0 Å². The molecule has 1 saturated heterocycles. The molecule has 0 aromatic rings. The summed E-state index contributed by atoms with van der Waals surface area (Å²) in [7, 11) is 0. The van der Waals surface area contributed by atoms with Crippen molar-refractivity contribution in [3.8, 4) is 0 Å². The van der Waals surface area contributed by atoms with Crippen LogP contribution >= 0.6 is 0 Å². The average Bonchev–Trinajstić information content (AvgIpc) is 2.31. The molecule has 1 fully saturated rings. The van der Waals surface area contributed by atoms with Gasteiger partial charge in [0.25, 0.3) is 0 Å². The molecule has 1 rings (SSSR count). The van der Waals surface area contributed by atoms with Crippen molar-refractivity contribution in [1.82, 2.24) is 10.2 Å². The Balaban J connectivity index is 0. The maximum absolute atomic E-state index is 3.54. The van der Waals surface area contributed by atoms with Crippen LogP contribution in [-0.2, 0) is 0 Å². The molecule has 100 valence electrons. The molecule has 2 heteroatoms. The monoisotopic (exact) mass is 230 g/mol. The van der Waals surface area contributed by atoms with E-state index in [1.807, 2.05) is 13.8 Å². The molecule has 1 aliphatic rings. The Morgan fingerprint density at radius 2 is 1.81 bits per heavy atom. The second kappa shape index (κ2) is 10.1. The lowest BCUT2D eigenvalue weighted by molar-refractivity contribution is 0.181. The molecule has 0 amide bonds. The van der Waals surface area contributed by atoms with Crippen LogP contribution in [0.4, 0.5) is 0 Å². The van der Waals surface area contributed by atoms with E-state index in [9.17, 15) is 0 Å². The lowest BCUT2D eigenvalue weighted by atomic mass is 9.96. The molecule has 0 saturated carbocycles. The van der Waals surface area contributed by atoms with Crippen molar-refractivity contribution in [2.75, 3.05) is 26.2 Å². The SMILES string of the molecule is CC.CCCN1CCC(CNC(C)C)CC1.[HH]. The highest BCUT2D eigenvalue weighted by Crippen LogP contribution is 2.16. The zero-order chi connectivity index (χ0) is 12.4. The fourth-order valence-corrected chi connectivity index (χ4v) is 2.13. The van der Waals surface area contributed by atoms with Gasteiger partial charge in [-0.1, -0.05) is 34.6 Å². The Hall–Kier alpha value is -0.0800. The van der Waals surface area contributed by atoms with Crippen LogP contribution in [0.5, 0.6) is 0 Å². The summed E-state index contributed by atoms with van der Waals surface area (Å²) in [5.41, 5.74) is 0. The standard InChI is InChI=1S/C12H26N2.C2H6.H2/c1-4-7-14-8-5-12(6-9-14)10-13-11(2)3;1-2;/h11-13H,4-10H2,1-3H3;1-2H3;1H. The molecular formula is C14H34N2. The quantitative estimate of drug-likeness (QED) is 0.779. The minimum atomic E-state index is 0. The third-order valence-electron chi connectivity index (χ3n) is 3.06. The van der Waals surface area contributed by atoms with Gasteiger partial charge in [-0.15, -0.1) is 0 Å². The van der Waals surface area contributed by atoms with E-state index < -0.39 is 0 Å². The van der Waals surface area contributed by atoms with Gasteiger partial charge in [0.1, 0.15) is 0 Å². The van der Waals surface area contributed by atoms with Crippen LogP contribution < -0.4 is 5.32 Å². The molecule has 1 heterocycles. The van der Waals surface area contributed by atoms with Crippen molar-refractivity contribution in [2.24, 2.45) is 5.92 Å². The van der Waals surface area contributed by atoms with Crippen molar-refractivity contribution in [3.63, 3.8) is 0 Å². The van der Waals surface area contributed by atoms with Gasteiger partial charge in [0.15, 0.2) is 0 Å². The maximum atomic E-state index is 3.54. The molecule has 1 N–H and O–H groups in total. The molecule has 0 spiro atoms. The highest BCUT2D eigenvalue weighted by atomic mass is 15.1. The number of hydrogen-bond donors (Lipinski definition) is 1. The molecule has 0 radical (unpaired) electrons. The Kier molecular flexibility index (Phi) is 10.0. The van der Waals surface area contributed by atoms with E-state index in [1.54, 1.807) is 0 Å². The molecule has 0 aromatic carbocycles. The zero-order valence-corrected chi connectivity index (χ0v) is 12.1. The van der Waals surface area contributed by atoms with Gasteiger partial charge in [-0.25, -0.2) is 0 Å². The normalized spacial score (nSPS) is 18.4. The molecule has 16 heavy (non-hydrogen) atoms. The lowest BCUT2D eigenvalue weighted by Gasteiger charge is -2.32. The van der Waals surface area contributed by atoms with Crippen LogP contribution in [0.15, 0.2) is 0 Å². The summed E-state index contributed by atoms with van der Waals surface area (Å²) in [6.45, 7) is 15.9. The van der Waals surface area contributed by atoms with Gasteiger partial charge in [-0.2, -0.15) is 0 Å². The highest BCUT2D eigenvalue weighted by molar-refractivity contribution is 4.74. The summed E-state index contributed by atoms with van der Waals surface area (Å²) in [6.07, 6.45) is 4.08. The van der Waals surface area contributed by atoms with Gasteiger partial charge < -0.3 is 10.2 Å². The van der Waals surface area contributed by atoms with Gasteiger partial charge >= 0.3 is 0 Å². The van der Waals surface area contributed by atoms with E-state index in [1.165, 1.54) is 45.4 Å². The molecule has 0 aromatic heterocycles. The van der Waals surface area contributed by atoms with E-state index in [4.69, 9.17) is 0 Å². The fraction of sp³-hybridized carbons (Fsp3) is 1.00. The first-order valence-electron chi connectivity index (χ1n) is 7.18. The van der Waals surface area contributed by atoms with Gasteiger partial charge in [0.2, 0.25) is 0 Å². The Morgan fingerprint density at radius 3 is 2.25 bits per heavy atom. The fourth-order valence-electron chi connectivity index (χ4n) is 2.13. The van der Waals surface area contributed by atoms with Crippen molar-refractivity contribution >= 4 is 0 Å². The second-order valence-electron chi connectivity index (χ2n) is 4.85. The molecule has 1 aliphatic heterocycles. The number of rotatable bonds is 5. The average molecular weight is 230 g/mol. The number of nitrogens with one attached hydrogen (secondary N) is 1. The van der Waals surface area contributed by atoms with Crippen molar-refractivity contribution in [3.05, 3.63) is 0 Å². The van der Waals surface area contributed by atoms with E-state index >= 15 is 0 Å². The largest absolute Gasteiger partial charge is 0.314 e. The van der Waals surface area contributed by atoms with E-state index in [2.05, 4.69) is 31.0 Å². The maximum Gasteiger partial charge on any atom is 0.00104 e. The highest BCUT2D eigenvalue weighted by Gasteiger charge is 2.17. The van der Waals surface area contributed by atoms with Gasteiger partial charge in [0, 0.05) is 7.47 Å². The zero-order valence-electron chi connectivity index (χ0n) is 12.1. The minimum absolute atomic E-state index is 0. The third-order valence-corrected chi connectivity index (χ3v) is 3.06. The molecule has 0 atom stereocenters. The van der Waals surface area contributed by atoms with Crippen LogP contribution in [0.3, 0.4) is 0 Å². The Bertz CT molecular complexity index is 143. The molecule has 0 aliphatic carbocycles. The predicted octanol–water partition coefficient (Wildman–Crippen LogP) is 3.38. The smallest absolute Gasteiger partial charge is 0.00104 e. The summed E-state index contributed by atoms with van der Waals surface area (Å²) in [5.74, 6) is 0.922. The molecule has 2 nitrogen and oxygen atoms in total. The summed E-state index contributed by atoms with van der Waals surface area (Å²) >= 11 is 0. The van der Waals surface area contributed by atoms with Crippen LogP contribution in [-0.4, -0.2) is 37.1 Å². The van der Waals surface area contributed by atoms with Crippen LogP contribution in [0, 0.1) is 5.92 Å². The predicted molar refractivity (Wildman–Crippen MR) is 76.1 cm³/mol. The summed E-state index contributed by atoms with van der Waals surface area (Å²) in [6, 6.07) is 0.642. The van der Waals surface area contributed by atoms with Crippen LogP contribution in [0.25, 0.3) is 0 Å². The Labute approximate surface area is 104 Å². The van der Waals surface area contributed by atoms with Gasteiger partial charge in [0.05, 0.1) is 0 Å². The number of likely N-dealkylation sites (tertiary alicyclic amines) is 1. The number of piperidine rings is 1. The first-order chi connectivity index (χ1) is 7.72. The second-order valence-corrected chi connectivity index (χ2v) is 4.85. The van der Waals surface area contributed by atoms with Crippen molar-refractivity contribution in [1.29, 1.82) is 0 Å². The Morgan fingerprint density at radius 1 is 1.25 bits per heavy atom. The van der Waals surface area contributed by atoms with Crippen molar-refractivity contribution in [2.45, 2.75) is 59.9 Å². The summed E-state index contributed by atoms with van der Waals surface area (Å²) < 4.78 is 0. The van der Waals surface area contributed by atoms with E-state index in [-0.39, 0.29) is 1.43 Å². The summed E-state index contributed by atoms with van der Waals surface area (Å²) in [5, 5.41) is 3.54. The topological polar surface area (TPSA) is 15.3 Å². The van der Waals surface area contributed by atoms with E-state index in [0.29, 0.717) is 6.04 Å². The van der Waals surface area contributed by atoms with Gasteiger partial charge in [-0.3, -0.25) is 0 Å². The van der Waals surface area contributed by atoms with Crippen LogP contribution in [0.1, 0.15) is 55.3 Å². The first kappa shape index (κ1) is 15.9. The van der Waals surface area contributed by atoms with Crippen molar-refractivity contribution < 1.29 is 1.43 Å². The van der Waals surface area contributed by atoms with E-state index in [0.717, 1.165) is 5.92 Å². The third kappa shape index (κ3) is 7.24. The molecule has 0 unspecified atom stereocenters. The molecule has 0 bridgehead atoms. The minimum Gasteiger partial charge on any atom is -0.314 e. The molecular weight excluding hydrogens is 196 g/mol. The van der Waals surface area contributed by atoms with Gasteiger partial charge in [-0.05, 0) is 51.4 Å². The number of hydrogen-bond acceptors (Lipinski definition) is 2. The summed E-state index contributed by atoms with van der Waals surface area (Å²) in [4.78, 5) is 2.60. The first-order valence-corrected chi connectivity index (χ1v) is 7.18.